The number of nitro benzene ring substituents is 1. The Balaban J connectivity index is 2.37. The van der Waals surface area contributed by atoms with Gasteiger partial charge in [-0.1, -0.05) is 11.6 Å². The number of aryl methyl sites for hydroxylation is 1. The maximum absolute atomic E-state index is 10.9. The molecule has 0 saturated heterocycles. The number of hydrogen-bond acceptors (Lipinski definition) is 5. The van der Waals surface area contributed by atoms with Crippen LogP contribution in [0.2, 0.25) is 5.02 Å². The molecule has 1 aromatic heterocycles. The molecule has 0 aliphatic rings. The molecule has 0 aliphatic heterocycles. The van der Waals surface area contributed by atoms with Gasteiger partial charge < -0.3 is 10.5 Å². The van der Waals surface area contributed by atoms with Gasteiger partial charge in [-0.15, -0.1) is 0 Å². The third kappa shape index (κ3) is 2.92. The monoisotopic (exact) mass is 279 g/mol. The molecule has 2 aromatic rings. The standard InChI is InChI=1S/C12H10ClN3O3/c1-7-9(14)3-5-12(15-7)19-11-4-2-8(13)6-10(11)16(17)18/h2-6H,14H2,1H3. The normalized spacial score (nSPS) is 10.2. The summed E-state index contributed by atoms with van der Waals surface area (Å²) in [5.74, 6) is 0.309. The molecule has 6 nitrogen and oxygen atoms in total. The number of benzene rings is 1. The van der Waals surface area contributed by atoms with E-state index in [-0.39, 0.29) is 22.3 Å². The zero-order valence-electron chi connectivity index (χ0n) is 9.96. The lowest BCUT2D eigenvalue weighted by Crippen LogP contribution is -1.97. The number of nitrogen functional groups attached to an aromatic ring is 1. The van der Waals surface area contributed by atoms with Crippen molar-refractivity contribution < 1.29 is 9.66 Å². The molecule has 2 N–H and O–H groups in total. The molecular formula is C12H10ClN3O3. The Morgan fingerprint density at radius 2 is 2.11 bits per heavy atom. The van der Waals surface area contributed by atoms with E-state index in [2.05, 4.69) is 4.98 Å². The van der Waals surface area contributed by atoms with Crippen molar-refractivity contribution >= 4 is 23.0 Å². The number of halogens is 1. The summed E-state index contributed by atoms with van der Waals surface area (Å²) in [5.41, 5.74) is 6.54. The number of pyridine rings is 1. The van der Waals surface area contributed by atoms with Crippen LogP contribution in [0.3, 0.4) is 0 Å². The van der Waals surface area contributed by atoms with Gasteiger partial charge in [0.2, 0.25) is 11.6 Å². The summed E-state index contributed by atoms with van der Waals surface area (Å²) in [6.07, 6.45) is 0. The molecule has 0 aliphatic carbocycles. The lowest BCUT2D eigenvalue weighted by molar-refractivity contribution is -0.385. The molecule has 7 heteroatoms. The zero-order valence-corrected chi connectivity index (χ0v) is 10.7. The first-order valence-electron chi connectivity index (χ1n) is 5.32. The van der Waals surface area contributed by atoms with Crippen molar-refractivity contribution in [2.24, 2.45) is 0 Å². The third-order valence-electron chi connectivity index (χ3n) is 2.43. The number of ether oxygens (including phenoxy) is 1. The van der Waals surface area contributed by atoms with Crippen molar-refractivity contribution in [1.29, 1.82) is 0 Å². The van der Waals surface area contributed by atoms with Gasteiger partial charge in [0.15, 0.2) is 0 Å². The van der Waals surface area contributed by atoms with Gasteiger partial charge in [-0.3, -0.25) is 10.1 Å². The maximum Gasteiger partial charge on any atom is 0.313 e. The second kappa shape index (κ2) is 5.11. The Bertz CT molecular complexity index is 646. The minimum absolute atomic E-state index is 0.0751. The van der Waals surface area contributed by atoms with Gasteiger partial charge >= 0.3 is 5.69 Å². The Kier molecular flexibility index (Phi) is 3.52. The van der Waals surface area contributed by atoms with E-state index in [4.69, 9.17) is 22.1 Å². The molecule has 0 unspecified atom stereocenters. The average molecular weight is 280 g/mol. The Morgan fingerprint density at radius 1 is 1.37 bits per heavy atom. The predicted molar refractivity (Wildman–Crippen MR) is 71.6 cm³/mol. The summed E-state index contributed by atoms with van der Waals surface area (Å²) in [4.78, 5) is 14.4. The van der Waals surface area contributed by atoms with Crippen molar-refractivity contribution in [1.82, 2.24) is 4.98 Å². The van der Waals surface area contributed by atoms with Gasteiger partial charge in [0.25, 0.3) is 0 Å². The molecule has 98 valence electrons. The van der Waals surface area contributed by atoms with Crippen molar-refractivity contribution in [3.63, 3.8) is 0 Å². The molecule has 0 fully saturated rings. The number of anilines is 1. The summed E-state index contributed by atoms with van der Waals surface area (Å²) in [6.45, 7) is 1.72. The predicted octanol–water partition coefficient (Wildman–Crippen LogP) is 3.33. The Morgan fingerprint density at radius 3 is 2.74 bits per heavy atom. The highest BCUT2D eigenvalue weighted by atomic mass is 35.5. The van der Waals surface area contributed by atoms with Gasteiger partial charge in [0.05, 0.1) is 16.3 Å². The van der Waals surface area contributed by atoms with Crippen LogP contribution in [0.15, 0.2) is 30.3 Å². The Hall–Kier alpha value is -2.34. The number of nitro groups is 1. The van der Waals surface area contributed by atoms with Crippen molar-refractivity contribution in [3.05, 3.63) is 51.2 Å². The fraction of sp³-hybridized carbons (Fsp3) is 0.0833. The molecule has 0 radical (unpaired) electrons. The van der Waals surface area contributed by atoms with Gasteiger partial charge in [-0.2, -0.15) is 0 Å². The highest BCUT2D eigenvalue weighted by molar-refractivity contribution is 6.30. The second-order valence-corrected chi connectivity index (χ2v) is 4.23. The van der Waals surface area contributed by atoms with Crippen LogP contribution < -0.4 is 10.5 Å². The van der Waals surface area contributed by atoms with Gasteiger partial charge in [-0.05, 0) is 25.1 Å². The fourth-order valence-corrected chi connectivity index (χ4v) is 1.60. The maximum atomic E-state index is 10.9. The van der Waals surface area contributed by atoms with Gasteiger partial charge in [0.1, 0.15) is 0 Å². The van der Waals surface area contributed by atoms with Crippen LogP contribution in [-0.4, -0.2) is 9.91 Å². The van der Waals surface area contributed by atoms with Crippen LogP contribution in [0, 0.1) is 17.0 Å². The van der Waals surface area contributed by atoms with E-state index < -0.39 is 4.92 Å². The van der Waals surface area contributed by atoms with Crippen molar-refractivity contribution in [2.75, 3.05) is 5.73 Å². The summed E-state index contributed by atoms with van der Waals surface area (Å²) < 4.78 is 5.39. The minimum atomic E-state index is -0.564. The first-order valence-corrected chi connectivity index (χ1v) is 5.70. The van der Waals surface area contributed by atoms with Crippen LogP contribution in [0.1, 0.15) is 5.69 Å². The summed E-state index contributed by atoms with van der Waals surface area (Å²) >= 11 is 5.72. The summed E-state index contributed by atoms with van der Waals surface area (Å²) in [7, 11) is 0. The van der Waals surface area contributed by atoms with E-state index in [0.29, 0.717) is 11.4 Å². The highest BCUT2D eigenvalue weighted by Crippen LogP contribution is 2.33. The molecule has 0 amide bonds. The van der Waals surface area contributed by atoms with Crippen LogP contribution in [0.25, 0.3) is 0 Å². The number of aromatic nitrogens is 1. The lowest BCUT2D eigenvalue weighted by atomic mass is 10.3. The largest absolute Gasteiger partial charge is 0.432 e. The number of nitrogens with two attached hydrogens (primary N) is 1. The molecule has 0 bridgehead atoms. The topological polar surface area (TPSA) is 91.3 Å². The fourth-order valence-electron chi connectivity index (χ4n) is 1.44. The van der Waals surface area contributed by atoms with Crippen molar-refractivity contribution in [2.45, 2.75) is 6.92 Å². The van der Waals surface area contributed by atoms with E-state index >= 15 is 0 Å². The molecule has 0 atom stereocenters. The number of hydrogen-bond donors (Lipinski definition) is 1. The molecule has 19 heavy (non-hydrogen) atoms. The smallest absolute Gasteiger partial charge is 0.313 e. The lowest BCUT2D eigenvalue weighted by Gasteiger charge is -2.07. The first-order chi connectivity index (χ1) is 8.97. The molecule has 1 aromatic carbocycles. The number of nitrogens with zero attached hydrogens (tertiary/aromatic N) is 2. The molecule has 2 rings (SSSR count). The first kappa shape index (κ1) is 13.1. The Labute approximate surface area is 113 Å². The van der Waals surface area contributed by atoms with Crippen molar-refractivity contribution in [3.8, 4) is 11.6 Å². The second-order valence-electron chi connectivity index (χ2n) is 3.80. The quantitative estimate of drug-likeness (QED) is 0.687. The summed E-state index contributed by atoms with van der Waals surface area (Å²) in [6, 6.07) is 7.32. The molecule has 1 heterocycles. The minimum Gasteiger partial charge on any atom is -0.432 e. The van der Waals surface area contributed by atoms with E-state index in [1.54, 1.807) is 19.1 Å². The van der Waals surface area contributed by atoms with E-state index in [1.165, 1.54) is 18.2 Å². The zero-order chi connectivity index (χ0) is 14.0. The van der Waals surface area contributed by atoms with E-state index in [9.17, 15) is 10.1 Å². The number of rotatable bonds is 3. The average Bonchev–Trinajstić information content (AvgIpc) is 2.36. The SMILES string of the molecule is Cc1nc(Oc2ccc(Cl)cc2[N+](=O)[O-])ccc1N. The highest BCUT2D eigenvalue weighted by Gasteiger charge is 2.17. The molecular weight excluding hydrogens is 270 g/mol. The van der Waals surface area contributed by atoms with Crippen LogP contribution in [-0.2, 0) is 0 Å². The van der Waals surface area contributed by atoms with E-state index in [0.717, 1.165) is 0 Å². The molecule has 0 saturated carbocycles. The molecule has 0 spiro atoms. The third-order valence-corrected chi connectivity index (χ3v) is 2.67. The van der Waals surface area contributed by atoms with Crippen LogP contribution in [0.4, 0.5) is 11.4 Å². The van der Waals surface area contributed by atoms with E-state index in [1.807, 2.05) is 0 Å². The summed E-state index contributed by atoms with van der Waals surface area (Å²) in [5, 5.41) is 11.2. The van der Waals surface area contributed by atoms with Gasteiger partial charge in [0, 0.05) is 17.2 Å². The van der Waals surface area contributed by atoms with Gasteiger partial charge in [-0.25, -0.2) is 4.98 Å². The van der Waals surface area contributed by atoms with Crippen LogP contribution in [0.5, 0.6) is 11.6 Å². The van der Waals surface area contributed by atoms with Crippen LogP contribution >= 0.6 is 11.6 Å².